The second-order valence-electron chi connectivity index (χ2n) is 8.35. The van der Waals surface area contributed by atoms with E-state index < -0.39 is 85.7 Å². The minimum atomic E-state index is -5.04. The number of halogens is 3. The summed E-state index contributed by atoms with van der Waals surface area (Å²) in [5.41, 5.74) is 0.0437. The lowest BCUT2D eigenvalue weighted by Gasteiger charge is -2.46. The Kier molecular flexibility index (Phi) is 9.36. The number of hydrogen-bond acceptors (Lipinski definition) is 9. The number of aliphatic hydroxyl groups is 4. The SMILES string of the molecule is CC(=O)CC1C(O)CC(Oc2ccccc2CCC(=O)C(F)(F)F)(C(=O)O)OC1[C@H](O)[C@H](O)CO. The standard InChI is InChI=1S/C22H27F3O10/c1-11(27)8-13-14(28)9-21(20(32)33,35-19(13)18(31)15(29)10-26)34-16-5-3-2-4-12(16)6-7-17(30)22(23,24)25/h2-5,13-15,18-19,26,28-29,31H,6-10H2,1H3,(H,32,33)/t13?,14?,15-,18-,19?,21?/m1/s1. The van der Waals surface area contributed by atoms with Gasteiger partial charge >= 0.3 is 17.9 Å². The summed E-state index contributed by atoms with van der Waals surface area (Å²) in [5.74, 6) is -8.29. The van der Waals surface area contributed by atoms with Gasteiger partial charge in [-0.2, -0.15) is 13.2 Å². The lowest BCUT2D eigenvalue weighted by molar-refractivity contribution is -0.293. The van der Waals surface area contributed by atoms with E-state index in [2.05, 4.69) is 0 Å². The molecule has 0 bridgehead atoms. The minimum absolute atomic E-state index is 0.0437. The summed E-state index contributed by atoms with van der Waals surface area (Å²) < 4.78 is 48.8. The predicted molar refractivity (Wildman–Crippen MR) is 110 cm³/mol. The van der Waals surface area contributed by atoms with Crippen LogP contribution in [0.1, 0.15) is 31.7 Å². The predicted octanol–water partition coefficient (Wildman–Crippen LogP) is 0.369. The Balaban J connectivity index is 2.41. The number of carboxylic acids is 1. The molecule has 6 atom stereocenters. The van der Waals surface area contributed by atoms with Crippen molar-refractivity contribution >= 4 is 17.5 Å². The summed E-state index contributed by atoms with van der Waals surface area (Å²) >= 11 is 0. The van der Waals surface area contributed by atoms with Crippen molar-refractivity contribution in [2.75, 3.05) is 6.61 Å². The third-order valence-corrected chi connectivity index (χ3v) is 5.67. The molecule has 1 aromatic rings. The molecule has 0 amide bonds. The Morgan fingerprint density at radius 1 is 1.23 bits per heavy atom. The van der Waals surface area contributed by atoms with Crippen molar-refractivity contribution in [2.24, 2.45) is 5.92 Å². The number of ether oxygens (including phenoxy) is 2. The van der Waals surface area contributed by atoms with Crippen LogP contribution in [0, 0.1) is 5.92 Å². The van der Waals surface area contributed by atoms with Gasteiger partial charge in [0.2, 0.25) is 5.78 Å². The largest absolute Gasteiger partial charge is 0.476 e. The van der Waals surface area contributed by atoms with Gasteiger partial charge in [0.25, 0.3) is 0 Å². The monoisotopic (exact) mass is 508 g/mol. The smallest absolute Gasteiger partial charge is 0.449 e. The Hall–Kier alpha value is -2.58. The van der Waals surface area contributed by atoms with Gasteiger partial charge in [-0.05, 0) is 25.0 Å². The van der Waals surface area contributed by atoms with Crippen molar-refractivity contribution in [3.63, 3.8) is 0 Å². The number of hydrogen-bond donors (Lipinski definition) is 5. The summed E-state index contributed by atoms with van der Waals surface area (Å²) in [6, 6.07) is 5.36. The van der Waals surface area contributed by atoms with E-state index in [9.17, 15) is 53.1 Å². The third-order valence-electron chi connectivity index (χ3n) is 5.67. The molecule has 0 radical (unpaired) electrons. The van der Waals surface area contributed by atoms with Gasteiger partial charge in [0.15, 0.2) is 0 Å². The molecule has 0 saturated carbocycles. The first-order chi connectivity index (χ1) is 16.2. The van der Waals surface area contributed by atoms with Crippen LogP contribution in [0.2, 0.25) is 0 Å². The molecule has 13 heteroatoms. The van der Waals surface area contributed by atoms with Crippen LogP contribution in [0.3, 0.4) is 0 Å². The number of carbonyl (C=O) groups excluding carboxylic acids is 2. The molecule has 1 aliphatic rings. The van der Waals surface area contributed by atoms with Gasteiger partial charge in [-0.3, -0.25) is 4.79 Å². The van der Waals surface area contributed by atoms with Crippen LogP contribution in [-0.2, 0) is 25.5 Å². The average Bonchev–Trinajstić information content (AvgIpc) is 2.77. The molecule has 35 heavy (non-hydrogen) atoms. The number of carbonyl (C=O) groups is 3. The highest BCUT2D eigenvalue weighted by molar-refractivity contribution is 5.84. The van der Waals surface area contributed by atoms with Crippen LogP contribution < -0.4 is 4.74 Å². The van der Waals surface area contributed by atoms with Crippen molar-refractivity contribution < 1.29 is 62.6 Å². The molecular weight excluding hydrogens is 481 g/mol. The van der Waals surface area contributed by atoms with E-state index in [-0.39, 0.29) is 17.7 Å². The zero-order chi connectivity index (χ0) is 26.6. The maximum absolute atomic E-state index is 12.6. The molecule has 0 aliphatic carbocycles. The van der Waals surface area contributed by atoms with Gasteiger partial charge < -0.3 is 39.8 Å². The van der Waals surface area contributed by atoms with E-state index in [1.54, 1.807) is 0 Å². The second kappa shape index (κ2) is 11.4. The first-order valence-electron chi connectivity index (χ1n) is 10.6. The van der Waals surface area contributed by atoms with Crippen molar-refractivity contribution in [3.05, 3.63) is 29.8 Å². The molecule has 1 aliphatic heterocycles. The summed E-state index contributed by atoms with van der Waals surface area (Å²) in [7, 11) is 0. The summed E-state index contributed by atoms with van der Waals surface area (Å²) in [5, 5.41) is 50.1. The van der Waals surface area contributed by atoms with Crippen LogP contribution in [0.25, 0.3) is 0 Å². The number of carboxylic acid groups (broad SMARTS) is 1. The molecule has 5 N–H and O–H groups in total. The molecule has 2 rings (SSSR count). The van der Waals surface area contributed by atoms with Gasteiger partial charge in [0.1, 0.15) is 23.7 Å². The fourth-order valence-corrected chi connectivity index (χ4v) is 3.86. The summed E-state index contributed by atoms with van der Waals surface area (Å²) in [4.78, 5) is 35.2. The molecule has 1 fully saturated rings. The van der Waals surface area contributed by atoms with E-state index in [1.165, 1.54) is 31.2 Å². The van der Waals surface area contributed by atoms with E-state index in [4.69, 9.17) is 9.47 Å². The lowest BCUT2D eigenvalue weighted by atomic mass is 9.80. The zero-order valence-electron chi connectivity index (χ0n) is 18.6. The van der Waals surface area contributed by atoms with Crippen LogP contribution in [0.4, 0.5) is 13.2 Å². The number of rotatable bonds is 11. The average molecular weight is 508 g/mol. The highest BCUT2D eigenvalue weighted by Gasteiger charge is 2.56. The van der Waals surface area contributed by atoms with Crippen LogP contribution in [0.15, 0.2) is 24.3 Å². The van der Waals surface area contributed by atoms with Crippen LogP contribution in [-0.4, -0.2) is 86.1 Å². The molecule has 1 saturated heterocycles. The highest BCUT2D eigenvalue weighted by atomic mass is 19.4. The van der Waals surface area contributed by atoms with Crippen molar-refractivity contribution in [3.8, 4) is 5.75 Å². The van der Waals surface area contributed by atoms with Gasteiger partial charge in [-0.1, -0.05) is 18.2 Å². The van der Waals surface area contributed by atoms with Crippen LogP contribution >= 0.6 is 0 Å². The van der Waals surface area contributed by atoms with Crippen molar-refractivity contribution in [1.82, 2.24) is 0 Å². The Bertz CT molecular complexity index is 921. The number of benzene rings is 1. The lowest BCUT2D eigenvalue weighted by Crippen LogP contribution is -2.63. The molecule has 1 heterocycles. The first-order valence-corrected chi connectivity index (χ1v) is 10.6. The number of alkyl halides is 3. The first kappa shape index (κ1) is 28.7. The number of aliphatic carboxylic acids is 1. The van der Waals surface area contributed by atoms with Gasteiger partial charge in [0, 0.05) is 18.8 Å². The number of para-hydroxylation sites is 1. The van der Waals surface area contributed by atoms with Gasteiger partial charge in [0.05, 0.1) is 25.2 Å². The highest BCUT2D eigenvalue weighted by Crippen LogP contribution is 2.39. The molecule has 0 spiro atoms. The fraction of sp³-hybridized carbons (Fsp3) is 0.591. The molecule has 0 aromatic heterocycles. The fourth-order valence-electron chi connectivity index (χ4n) is 3.86. The quantitative estimate of drug-likeness (QED) is 0.281. The third kappa shape index (κ3) is 6.98. The van der Waals surface area contributed by atoms with Crippen molar-refractivity contribution in [2.45, 2.75) is 69.0 Å². The Morgan fingerprint density at radius 3 is 2.40 bits per heavy atom. The minimum Gasteiger partial charge on any atom is -0.476 e. The van der Waals surface area contributed by atoms with E-state index in [1.807, 2.05) is 0 Å². The number of ketones is 2. The normalized spacial score (nSPS) is 26.6. The Morgan fingerprint density at radius 2 is 1.86 bits per heavy atom. The van der Waals surface area contributed by atoms with Gasteiger partial charge in [-0.25, -0.2) is 4.79 Å². The molecule has 10 nitrogen and oxygen atoms in total. The number of aryl methyl sites for hydroxylation is 1. The molecule has 1 aromatic carbocycles. The summed E-state index contributed by atoms with van der Waals surface area (Å²) in [6.07, 6.45) is -14.5. The maximum atomic E-state index is 12.6. The van der Waals surface area contributed by atoms with E-state index in [0.29, 0.717) is 0 Å². The Labute approximate surface area is 197 Å². The number of aliphatic hydroxyl groups excluding tert-OH is 4. The number of Topliss-reactive ketones (excluding diaryl/α,β-unsaturated/α-hetero) is 2. The molecular formula is C22H27F3O10. The van der Waals surface area contributed by atoms with Crippen LogP contribution in [0.5, 0.6) is 5.75 Å². The maximum Gasteiger partial charge on any atom is 0.449 e. The zero-order valence-corrected chi connectivity index (χ0v) is 18.6. The summed E-state index contributed by atoms with van der Waals surface area (Å²) in [6.45, 7) is 0.244. The topological polar surface area (TPSA) is 171 Å². The van der Waals surface area contributed by atoms with E-state index >= 15 is 0 Å². The molecule has 4 unspecified atom stereocenters. The molecule has 196 valence electrons. The second-order valence-corrected chi connectivity index (χ2v) is 8.35. The van der Waals surface area contributed by atoms with E-state index in [0.717, 1.165) is 0 Å². The van der Waals surface area contributed by atoms with Crippen molar-refractivity contribution in [1.29, 1.82) is 0 Å². The van der Waals surface area contributed by atoms with Gasteiger partial charge in [-0.15, -0.1) is 0 Å².